The van der Waals surface area contributed by atoms with Gasteiger partial charge in [0, 0.05) is 25.9 Å². The molecule has 0 aromatic carbocycles. The number of nitrogens with zero attached hydrogens (tertiary/aromatic N) is 1. The highest BCUT2D eigenvalue weighted by atomic mass is 19.3. The van der Waals surface area contributed by atoms with Crippen molar-refractivity contribution in [3.8, 4) is 0 Å². The summed E-state index contributed by atoms with van der Waals surface area (Å²) in [5, 5.41) is 2.94. The van der Waals surface area contributed by atoms with Crippen molar-refractivity contribution in [2.24, 2.45) is 22.6 Å². The van der Waals surface area contributed by atoms with Gasteiger partial charge in [-0.05, 0) is 24.7 Å². The Bertz CT molecular complexity index is 264. The predicted octanol–water partition coefficient (Wildman–Crippen LogP) is 2.37. The second-order valence-electron chi connectivity index (χ2n) is 5.32. The van der Waals surface area contributed by atoms with Crippen molar-refractivity contribution in [3.05, 3.63) is 0 Å². The first-order valence-electron chi connectivity index (χ1n) is 6.30. The molecule has 1 aliphatic rings. The standard InChI is InChI=1S/C12H23F2N3/c1-9(2)7-16-11(15)17-8-10-4-3-5-12(13,14)6-10/h9-10H,3-8H2,1-2H3,(H3,15,16,17). The molecule has 1 atom stereocenters. The van der Waals surface area contributed by atoms with E-state index in [1.165, 1.54) is 0 Å². The van der Waals surface area contributed by atoms with Crippen LogP contribution in [0.25, 0.3) is 0 Å². The van der Waals surface area contributed by atoms with Crippen LogP contribution in [-0.4, -0.2) is 25.0 Å². The zero-order valence-corrected chi connectivity index (χ0v) is 10.7. The molecule has 5 heteroatoms. The largest absolute Gasteiger partial charge is 0.370 e. The van der Waals surface area contributed by atoms with E-state index in [-0.39, 0.29) is 18.8 Å². The van der Waals surface area contributed by atoms with Gasteiger partial charge in [-0.25, -0.2) is 8.78 Å². The van der Waals surface area contributed by atoms with E-state index >= 15 is 0 Å². The Morgan fingerprint density at radius 3 is 2.82 bits per heavy atom. The molecular formula is C12H23F2N3. The molecule has 0 spiro atoms. The number of halogens is 2. The minimum atomic E-state index is -2.49. The lowest BCUT2D eigenvalue weighted by atomic mass is 9.86. The van der Waals surface area contributed by atoms with Crippen molar-refractivity contribution < 1.29 is 8.78 Å². The lowest BCUT2D eigenvalue weighted by molar-refractivity contribution is -0.0514. The lowest BCUT2D eigenvalue weighted by Crippen LogP contribution is -2.39. The second-order valence-corrected chi connectivity index (χ2v) is 5.32. The summed E-state index contributed by atoms with van der Waals surface area (Å²) in [6, 6.07) is 0. The summed E-state index contributed by atoms with van der Waals surface area (Å²) in [5.41, 5.74) is 5.66. The van der Waals surface area contributed by atoms with Crippen LogP contribution >= 0.6 is 0 Å². The number of hydrogen-bond donors (Lipinski definition) is 2. The van der Waals surface area contributed by atoms with Gasteiger partial charge in [-0.3, -0.25) is 4.99 Å². The monoisotopic (exact) mass is 247 g/mol. The van der Waals surface area contributed by atoms with Crippen LogP contribution in [0.5, 0.6) is 0 Å². The lowest BCUT2D eigenvalue weighted by Gasteiger charge is -2.29. The van der Waals surface area contributed by atoms with Gasteiger partial charge in [-0.1, -0.05) is 13.8 Å². The molecule has 1 unspecified atom stereocenters. The third-order valence-corrected chi connectivity index (χ3v) is 2.94. The highest BCUT2D eigenvalue weighted by molar-refractivity contribution is 5.77. The van der Waals surface area contributed by atoms with Gasteiger partial charge in [-0.15, -0.1) is 0 Å². The van der Waals surface area contributed by atoms with Crippen LogP contribution in [0.15, 0.2) is 4.99 Å². The van der Waals surface area contributed by atoms with Crippen molar-refractivity contribution in [2.45, 2.75) is 45.5 Å². The van der Waals surface area contributed by atoms with Crippen LogP contribution in [0.1, 0.15) is 39.5 Å². The maximum atomic E-state index is 13.1. The molecule has 1 rings (SSSR count). The van der Waals surface area contributed by atoms with E-state index in [1.54, 1.807) is 0 Å². The van der Waals surface area contributed by atoms with Crippen LogP contribution < -0.4 is 11.1 Å². The highest BCUT2D eigenvalue weighted by Crippen LogP contribution is 2.36. The van der Waals surface area contributed by atoms with Gasteiger partial charge in [-0.2, -0.15) is 0 Å². The first kappa shape index (κ1) is 14.2. The number of hydrogen-bond acceptors (Lipinski definition) is 1. The molecule has 100 valence electrons. The molecule has 0 amide bonds. The van der Waals surface area contributed by atoms with Crippen molar-refractivity contribution in [1.82, 2.24) is 5.32 Å². The molecule has 1 fully saturated rings. The zero-order chi connectivity index (χ0) is 12.9. The summed E-state index contributed by atoms with van der Waals surface area (Å²) >= 11 is 0. The fraction of sp³-hybridized carbons (Fsp3) is 0.917. The third kappa shape index (κ3) is 5.84. The summed E-state index contributed by atoms with van der Waals surface area (Å²) in [6.45, 7) is 5.28. The van der Waals surface area contributed by atoms with Crippen molar-refractivity contribution in [2.75, 3.05) is 13.1 Å². The number of nitrogens with two attached hydrogens (primary N) is 1. The molecule has 0 heterocycles. The topological polar surface area (TPSA) is 50.4 Å². The third-order valence-electron chi connectivity index (χ3n) is 2.94. The predicted molar refractivity (Wildman–Crippen MR) is 66.2 cm³/mol. The summed E-state index contributed by atoms with van der Waals surface area (Å²) in [6.07, 6.45) is 1.44. The van der Waals surface area contributed by atoms with Gasteiger partial charge in [0.25, 0.3) is 0 Å². The molecule has 0 aromatic rings. The molecule has 0 saturated heterocycles. The maximum absolute atomic E-state index is 13.1. The normalized spacial score (nSPS) is 25.0. The SMILES string of the molecule is CC(C)CN=C(N)NCC1CCCC(F)(F)C1. The van der Waals surface area contributed by atoms with Crippen molar-refractivity contribution >= 4 is 5.96 Å². The Kier molecular flexibility index (Phi) is 5.15. The van der Waals surface area contributed by atoms with Crippen LogP contribution in [0, 0.1) is 11.8 Å². The molecule has 0 radical (unpaired) electrons. The summed E-state index contributed by atoms with van der Waals surface area (Å²) in [4.78, 5) is 4.14. The quantitative estimate of drug-likeness (QED) is 0.592. The zero-order valence-electron chi connectivity index (χ0n) is 10.7. The number of aliphatic imine (C=N–C) groups is 1. The van der Waals surface area contributed by atoms with Crippen LogP contribution in [0.2, 0.25) is 0 Å². The maximum Gasteiger partial charge on any atom is 0.248 e. The first-order chi connectivity index (χ1) is 7.89. The van der Waals surface area contributed by atoms with E-state index in [1.807, 2.05) is 0 Å². The average Bonchev–Trinajstić information content (AvgIpc) is 2.22. The Hall–Kier alpha value is -0.870. The molecule has 1 saturated carbocycles. The minimum absolute atomic E-state index is 0.00606. The van der Waals surface area contributed by atoms with Gasteiger partial charge in [0.1, 0.15) is 0 Å². The van der Waals surface area contributed by atoms with E-state index in [0.717, 1.165) is 6.42 Å². The molecule has 0 aliphatic heterocycles. The molecule has 1 aliphatic carbocycles. The smallest absolute Gasteiger partial charge is 0.248 e. The number of rotatable bonds is 4. The van der Waals surface area contributed by atoms with Crippen LogP contribution in [-0.2, 0) is 0 Å². The fourth-order valence-corrected chi connectivity index (χ4v) is 2.04. The van der Waals surface area contributed by atoms with Crippen LogP contribution in [0.4, 0.5) is 8.78 Å². The molecule has 3 nitrogen and oxygen atoms in total. The van der Waals surface area contributed by atoms with Gasteiger partial charge in [0.05, 0.1) is 0 Å². The first-order valence-corrected chi connectivity index (χ1v) is 6.30. The van der Waals surface area contributed by atoms with Gasteiger partial charge >= 0.3 is 0 Å². The number of alkyl halides is 2. The van der Waals surface area contributed by atoms with Crippen LogP contribution in [0.3, 0.4) is 0 Å². The molecule has 17 heavy (non-hydrogen) atoms. The second kappa shape index (κ2) is 6.17. The van der Waals surface area contributed by atoms with Crippen molar-refractivity contribution in [1.29, 1.82) is 0 Å². The summed E-state index contributed by atoms with van der Waals surface area (Å²) < 4.78 is 26.3. The Balaban J connectivity index is 2.28. The highest BCUT2D eigenvalue weighted by Gasteiger charge is 2.35. The molecule has 0 aromatic heterocycles. The fourth-order valence-electron chi connectivity index (χ4n) is 2.04. The van der Waals surface area contributed by atoms with Gasteiger partial charge in [0.2, 0.25) is 5.92 Å². The van der Waals surface area contributed by atoms with E-state index in [9.17, 15) is 8.78 Å². The van der Waals surface area contributed by atoms with Crippen molar-refractivity contribution in [3.63, 3.8) is 0 Å². The van der Waals surface area contributed by atoms with E-state index in [2.05, 4.69) is 24.2 Å². The van der Waals surface area contributed by atoms with E-state index in [4.69, 9.17) is 5.73 Å². The minimum Gasteiger partial charge on any atom is -0.370 e. The Morgan fingerprint density at radius 2 is 2.24 bits per heavy atom. The van der Waals surface area contributed by atoms with Gasteiger partial charge < -0.3 is 11.1 Å². The number of guanidine groups is 1. The molecule has 0 bridgehead atoms. The molecular weight excluding hydrogens is 224 g/mol. The summed E-state index contributed by atoms with van der Waals surface area (Å²) in [5.74, 6) is -1.66. The van der Waals surface area contributed by atoms with E-state index < -0.39 is 5.92 Å². The Labute approximate surface area is 102 Å². The Morgan fingerprint density at radius 1 is 1.53 bits per heavy atom. The molecule has 3 N–H and O–H groups in total. The van der Waals surface area contributed by atoms with Gasteiger partial charge in [0.15, 0.2) is 5.96 Å². The number of nitrogens with one attached hydrogen (secondary N) is 1. The summed E-state index contributed by atoms with van der Waals surface area (Å²) in [7, 11) is 0. The van der Waals surface area contributed by atoms with E-state index in [0.29, 0.717) is 31.4 Å². The average molecular weight is 247 g/mol.